The molecule has 58 valence electrons. The predicted octanol–water partition coefficient (Wildman–Crippen LogP) is -0.816. The van der Waals surface area contributed by atoms with Crippen LogP contribution in [-0.2, 0) is 4.79 Å². The summed E-state index contributed by atoms with van der Waals surface area (Å²) in [5.74, 6) is -0.863. The maximum absolute atomic E-state index is 10.1. The summed E-state index contributed by atoms with van der Waals surface area (Å²) in [6.45, 7) is 0.721. The molecule has 0 aliphatic carbocycles. The second-order valence-electron chi connectivity index (χ2n) is 2.51. The van der Waals surface area contributed by atoms with Gasteiger partial charge in [0.1, 0.15) is 0 Å². The summed E-state index contributed by atoms with van der Waals surface area (Å²) < 4.78 is 0. The van der Waals surface area contributed by atoms with Crippen LogP contribution in [0, 0.1) is 0 Å². The van der Waals surface area contributed by atoms with Crippen molar-refractivity contribution in [3.05, 3.63) is 0 Å². The van der Waals surface area contributed by atoms with Gasteiger partial charge in [0.2, 0.25) is 0 Å². The maximum Gasteiger partial charge on any atom is 0.305 e. The van der Waals surface area contributed by atoms with E-state index >= 15 is 0 Å². The van der Waals surface area contributed by atoms with Gasteiger partial charge in [-0.2, -0.15) is 0 Å². The lowest BCUT2D eigenvalue weighted by Crippen LogP contribution is -2.32. The fourth-order valence-electron chi connectivity index (χ4n) is 1.15. The number of carbonyl (C=O) groups is 1. The molecular weight excluding hydrogens is 134 g/mol. The van der Waals surface area contributed by atoms with Crippen molar-refractivity contribution in [3.63, 3.8) is 0 Å². The summed E-state index contributed by atoms with van der Waals surface area (Å²) in [6, 6.07) is -0.238. The first-order chi connectivity index (χ1) is 4.70. The zero-order valence-corrected chi connectivity index (χ0v) is 5.58. The van der Waals surface area contributed by atoms with E-state index in [1.54, 1.807) is 0 Å². The molecule has 0 spiro atoms. The number of hydrogen-bond acceptors (Lipinski definition) is 3. The molecule has 0 aromatic carbocycles. The molecule has 1 fully saturated rings. The summed E-state index contributed by atoms with van der Waals surface area (Å²) in [5, 5.41) is 20.4. The van der Waals surface area contributed by atoms with Crippen molar-refractivity contribution >= 4 is 5.97 Å². The average molecular weight is 145 g/mol. The molecule has 4 heteroatoms. The van der Waals surface area contributed by atoms with E-state index in [0.717, 1.165) is 6.54 Å². The molecule has 0 bridgehead atoms. The van der Waals surface area contributed by atoms with Gasteiger partial charge in [-0.05, 0) is 13.0 Å². The van der Waals surface area contributed by atoms with Crippen molar-refractivity contribution in [3.8, 4) is 0 Å². The number of hydrogen-bond donors (Lipinski definition) is 3. The summed E-state index contributed by atoms with van der Waals surface area (Å²) in [4.78, 5) is 10.1. The van der Waals surface area contributed by atoms with Crippen LogP contribution in [0.5, 0.6) is 0 Å². The van der Waals surface area contributed by atoms with Gasteiger partial charge in [0.15, 0.2) is 0 Å². The molecule has 10 heavy (non-hydrogen) atoms. The Bertz CT molecular complexity index is 137. The van der Waals surface area contributed by atoms with Crippen molar-refractivity contribution in [2.24, 2.45) is 0 Å². The number of aliphatic carboxylic acids is 1. The normalized spacial score (nSPS) is 32.5. The van der Waals surface area contributed by atoms with Gasteiger partial charge in [-0.15, -0.1) is 0 Å². The number of carboxylic acids is 1. The molecule has 1 heterocycles. The molecule has 4 nitrogen and oxygen atoms in total. The van der Waals surface area contributed by atoms with Gasteiger partial charge in [0, 0.05) is 6.04 Å². The molecule has 3 N–H and O–H groups in total. The number of rotatable bonds is 2. The van der Waals surface area contributed by atoms with Gasteiger partial charge in [0.05, 0.1) is 12.5 Å². The standard InChI is InChI=1S/C6H11NO3/c8-5-1-2-7-4(5)3-6(9)10/h4-5,7-8H,1-3H2,(H,9,10). The predicted molar refractivity (Wildman–Crippen MR) is 34.7 cm³/mol. The van der Waals surface area contributed by atoms with Gasteiger partial charge >= 0.3 is 5.97 Å². The van der Waals surface area contributed by atoms with Crippen LogP contribution in [0.15, 0.2) is 0 Å². The number of carboxylic acid groups (broad SMARTS) is 1. The van der Waals surface area contributed by atoms with Gasteiger partial charge in [-0.25, -0.2) is 0 Å². The quantitative estimate of drug-likeness (QED) is 0.475. The minimum absolute atomic E-state index is 0.0150. The maximum atomic E-state index is 10.1. The zero-order valence-electron chi connectivity index (χ0n) is 5.58. The summed E-state index contributed by atoms with van der Waals surface area (Å²) >= 11 is 0. The van der Waals surface area contributed by atoms with Crippen LogP contribution in [0.3, 0.4) is 0 Å². The number of nitrogens with one attached hydrogen (secondary N) is 1. The van der Waals surface area contributed by atoms with Crippen molar-refractivity contribution in [2.75, 3.05) is 6.54 Å². The van der Waals surface area contributed by atoms with E-state index in [9.17, 15) is 4.79 Å². The molecule has 0 radical (unpaired) electrons. The minimum Gasteiger partial charge on any atom is -0.481 e. The fraction of sp³-hybridized carbons (Fsp3) is 0.833. The summed E-state index contributed by atoms with van der Waals surface area (Å²) in [6.07, 6.45) is 0.204. The Hall–Kier alpha value is -0.610. The van der Waals surface area contributed by atoms with E-state index in [0.29, 0.717) is 6.42 Å². The highest BCUT2D eigenvalue weighted by molar-refractivity contribution is 5.67. The third kappa shape index (κ3) is 1.68. The van der Waals surface area contributed by atoms with E-state index < -0.39 is 12.1 Å². The van der Waals surface area contributed by atoms with Gasteiger partial charge in [-0.3, -0.25) is 4.79 Å². The third-order valence-electron chi connectivity index (χ3n) is 1.71. The largest absolute Gasteiger partial charge is 0.481 e. The van der Waals surface area contributed by atoms with Crippen LogP contribution in [0.2, 0.25) is 0 Å². The van der Waals surface area contributed by atoms with Crippen LogP contribution >= 0.6 is 0 Å². The van der Waals surface area contributed by atoms with Crippen LogP contribution in [0.1, 0.15) is 12.8 Å². The molecular formula is C6H11NO3. The Kier molecular flexibility index (Phi) is 2.24. The Morgan fingerprint density at radius 2 is 2.40 bits per heavy atom. The van der Waals surface area contributed by atoms with E-state index in [-0.39, 0.29) is 12.5 Å². The second kappa shape index (κ2) is 2.98. The van der Waals surface area contributed by atoms with E-state index in [1.165, 1.54) is 0 Å². The summed E-state index contributed by atoms with van der Waals surface area (Å²) in [7, 11) is 0. The lowest BCUT2D eigenvalue weighted by molar-refractivity contribution is -0.138. The minimum atomic E-state index is -0.863. The molecule has 0 aromatic heterocycles. The van der Waals surface area contributed by atoms with E-state index in [2.05, 4.69) is 5.32 Å². The van der Waals surface area contributed by atoms with Gasteiger partial charge in [0.25, 0.3) is 0 Å². The lowest BCUT2D eigenvalue weighted by Gasteiger charge is -2.10. The van der Waals surface area contributed by atoms with Crippen LogP contribution in [0.4, 0.5) is 0 Å². The van der Waals surface area contributed by atoms with E-state index in [1.807, 2.05) is 0 Å². The first kappa shape index (κ1) is 7.50. The van der Waals surface area contributed by atoms with Crippen molar-refractivity contribution in [2.45, 2.75) is 25.0 Å². The molecule has 0 amide bonds. The van der Waals surface area contributed by atoms with Crippen LogP contribution < -0.4 is 5.32 Å². The number of aliphatic hydroxyl groups is 1. The van der Waals surface area contributed by atoms with E-state index in [4.69, 9.17) is 10.2 Å². The highest BCUT2D eigenvalue weighted by atomic mass is 16.4. The van der Waals surface area contributed by atoms with Crippen molar-refractivity contribution < 1.29 is 15.0 Å². The molecule has 1 rings (SSSR count). The lowest BCUT2D eigenvalue weighted by atomic mass is 10.1. The van der Waals surface area contributed by atoms with Crippen molar-refractivity contribution in [1.82, 2.24) is 5.32 Å². The van der Waals surface area contributed by atoms with Crippen LogP contribution in [-0.4, -0.2) is 34.9 Å². The first-order valence-corrected chi connectivity index (χ1v) is 3.33. The second-order valence-corrected chi connectivity index (χ2v) is 2.51. The Labute approximate surface area is 58.9 Å². The highest BCUT2D eigenvalue weighted by Gasteiger charge is 2.26. The molecule has 1 aliphatic rings. The Morgan fingerprint density at radius 1 is 1.70 bits per heavy atom. The first-order valence-electron chi connectivity index (χ1n) is 3.33. The SMILES string of the molecule is O=C(O)CC1NCCC1O. The monoisotopic (exact) mass is 145 g/mol. The molecule has 1 saturated heterocycles. The topological polar surface area (TPSA) is 69.6 Å². The number of aliphatic hydroxyl groups excluding tert-OH is 1. The third-order valence-corrected chi connectivity index (χ3v) is 1.71. The molecule has 2 atom stereocenters. The molecule has 0 aromatic rings. The van der Waals surface area contributed by atoms with Gasteiger partial charge < -0.3 is 15.5 Å². The highest BCUT2D eigenvalue weighted by Crippen LogP contribution is 2.09. The van der Waals surface area contributed by atoms with Gasteiger partial charge in [-0.1, -0.05) is 0 Å². The van der Waals surface area contributed by atoms with Crippen LogP contribution in [0.25, 0.3) is 0 Å². The molecule has 2 unspecified atom stereocenters. The Morgan fingerprint density at radius 3 is 2.80 bits per heavy atom. The summed E-state index contributed by atoms with van der Waals surface area (Å²) in [5.41, 5.74) is 0. The van der Waals surface area contributed by atoms with Crippen molar-refractivity contribution in [1.29, 1.82) is 0 Å². The molecule has 0 saturated carbocycles. The fourth-order valence-corrected chi connectivity index (χ4v) is 1.15. The zero-order chi connectivity index (χ0) is 7.56. The smallest absolute Gasteiger partial charge is 0.305 e. The Balaban J connectivity index is 2.33. The molecule has 1 aliphatic heterocycles. The average Bonchev–Trinajstić information content (AvgIpc) is 2.15.